The lowest BCUT2D eigenvalue weighted by Gasteiger charge is -2.33. The maximum atomic E-state index is 13.0. The molecule has 5 nitrogen and oxygen atoms in total. The summed E-state index contributed by atoms with van der Waals surface area (Å²) in [5, 5.41) is 8.95. The van der Waals surface area contributed by atoms with Crippen LogP contribution >= 0.6 is 0 Å². The second-order valence-corrected chi connectivity index (χ2v) is 7.70. The Morgan fingerprint density at radius 2 is 1.93 bits per heavy atom. The molecule has 5 heteroatoms. The Kier molecular flexibility index (Phi) is 4.87. The second-order valence-electron chi connectivity index (χ2n) is 7.70. The van der Waals surface area contributed by atoms with Gasteiger partial charge < -0.3 is 9.47 Å². The first kappa shape index (κ1) is 18.2. The van der Waals surface area contributed by atoms with Gasteiger partial charge in [0.15, 0.2) is 0 Å². The molecule has 1 saturated heterocycles. The molecule has 142 valence electrons. The number of amides is 1. The van der Waals surface area contributed by atoms with Crippen LogP contribution in [0, 0.1) is 11.3 Å². The maximum Gasteiger partial charge on any atom is 0.253 e. The van der Waals surface area contributed by atoms with E-state index in [-0.39, 0.29) is 11.8 Å². The van der Waals surface area contributed by atoms with Crippen molar-refractivity contribution in [2.45, 2.75) is 38.6 Å². The number of rotatable bonds is 3. The van der Waals surface area contributed by atoms with Gasteiger partial charge in [-0.05, 0) is 63.1 Å². The summed E-state index contributed by atoms with van der Waals surface area (Å²) >= 11 is 0. The highest BCUT2D eigenvalue weighted by atomic mass is 16.2. The minimum absolute atomic E-state index is 0.0291. The van der Waals surface area contributed by atoms with E-state index < -0.39 is 0 Å². The van der Waals surface area contributed by atoms with Crippen LogP contribution in [-0.2, 0) is 0 Å². The van der Waals surface area contributed by atoms with Gasteiger partial charge in [-0.15, -0.1) is 0 Å². The first-order valence-electron chi connectivity index (χ1n) is 9.85. The molecular formula is C23H24N4O. The number of carbonyl (C=O) groups excluding carboxylic acids is 1. The van der Waals surface area contributed by atoms with Crippen molar-refractivity contribution in [2.75, 3.05) is 13.1 Å². The number of likely N-dealkylation sites (tertiary alicyclic amines) is 1. The predicted octanol–water partition coefficient (Wildman–Crippen LogP) is 4.51. The highest BCUT2D eigenvalue weighted by Gasteiger charge is 2.29. The van der Waals surface area contributed by atoms with Gasteiger partial charge in [-0.3, -0.25) is 4.79 Å². The van der Waals surface area contributed by atoms with E-state index in [1.165, 1.54) is 0 Å². The molecule has 2 aromatic carbocycles. The highest BCUT2D eigenvalue weighted by Crippen LogP contribution is 2.32. The van der Waals surface area contributed by atoms with E-state index in [2.05, 4.69) is 36.6 Å². The normalized spacial score (nSPS) is 17.1. The molecule has 0 radical (unpaired) electrons. The van der Waals surface area contributed by atoms with Gasteiger partial charge in [0, 0.05) is 30.6 Å². The van der Waals surface area contributed by atoms with Gasteiger partial charge in [0.05, 0.1) is 22.7 Å². The lowest BCUT2D eigenvalue weighted by molar-refractivity contribution is 0.0703. The first-order chi connectivity index (χ1) is 13.6. The fourth-order valence-electron chi connectivity index (χ4n) is 4.14. The van der Waals surface area contributed by atoms with E-state index in [1.54, 1.807) is 24.3 Å². The van der Waals surface area contributed by atoms with Crippen LogP contribution in [0.5, 0.6) is 0 Å². The summed E-state index contributed by atoms with van der Waals surface area (Å²) in [6.07, 6.45) is 2.00. The van der Waals surface area contributed by atoms with Crippen LogP contribution in [0.1, 0.15) is 60.4 Å². The van der Waals surface area contributed by atoms with Crippen LogP contribution in [0.15, 0.2) is 48.5 Å². The van der Waals surface area contributed by atoms with Crippen LogP contribution in [0.25, 0.3) is 11.0 Å². The number of aromatic nitrogens is 2. The van der Waals surface area contributed by atoms with Crippen molar-refractivity contribution in [1.82, 2.24) is 14.5 Å². The van der Waals surface area contributed by atoms with Crippen molar-refractivity contribution < 1.29 is 4.79 Å². The Labute approximate surface area is 165 Å². The molecule has 28 heavy (non-hydrogen) atoms. The van der Waals surface area contributed by atoms with Crippen molar-refractivity contribution in [1.29, 1.82) is 5.26 Å². The molecule has 1 atom stereocenters. The van der Waals surface area contributed by atoms with Crippen LogP contribution in [-0.4, -0.2) is 33.4 Å². The molecule has 3 aromatic rings. The van der Waals surface area contributed by atoms with Gasteiger partial charge in [0.1, 0.15) is 5.82 Å². The van der Waals surface area contributed by atoms with E-state index in [0.717, 1.165) is 36.2 Å². The summed E-state index contributed by atoms with van der Waals surface area (Å²) in [5.41, 5.74) is 3.38. The summed E-state index contributed by atoms with van der Waals surface area (Å²) in [6.45, 7) is 5.80. The molecule has 0 bridgehead atoms. The second kappa shape index (κ2) is 7.47. The Morgan fingerprint density at radius 1 is 1.18 bits per heavy atom. The highest BCUT2D eigenvalue weighted by molar-refractivity contribution is 5.94. The van der Waals surface area contributed by atoms with Crippen LogP contribution in [0.4, 0.5) is 0 Å². The molecule has 0 spiro atoms. The monoisotopic (exact) mass is 372 g/mol. The number of hydrogen-bond acceptors (Lipinski definition) is 3. The minimum atomic E-state index is 0.0291. The quantitative estimate of drug-likeness (QED) is 0.680. The van der Waals surface area contributed by atoms with E-state index in [9.17, 15) is 4.79 Å². The molecule has 0 N–H and O–H groups in total. The van der Waals surface area contributed by atoms with E-state index in [4.69, 9.17) is 10.2 Å². The van der Waals surface area contributed by atoms with Gasteiger partial charge in [-0.2, -0.15) is 5.26 Å². The zero-order valence-corrected chi connectivity index (χ0v) is 16.3. The summed E-state index contributed by atoms with van der Waals surface area (Å²) < 4.78 is 2.32. The topological polar surface area (TPSA) is 61.9 Å². The zero-order valence-electron chi connectivity index (χ0n) is 16.3. The van der Waals surface area contributed by atoms with Crippen molar-refractivity contribution >= 4 is 16.9 Å². The largest absolute Gasteiger partial charge is 0.338 e. The number of nitrogens with zero attached hydrogens (tertiary/aromatic N) is 4. The number of para-hydroxylation sites is 2. The SMILES string of the molecule is CC(C)n1c(C2CCCN(C(=O)c3ccc(C#N)cc3)C2)nc2ccccc21. The van der Waals surface area contributed by atoms with Crippen molar-refractivity contribution in [3.63, 3.8) is 0 Å². The Balaban J connectivity index is 1.62. The van der Waals surface area contributed by atoms with Gasteiger partial charge >= 0.3 is 0 Å². The lowest BCUT2D eigenvalue weighted by Crippen LogP contribution is -2.39. The number of nitriles is 1. The molecule has 1 aliphatic rings. The van der Waals surface area contributed by atoms with Crippen LogP contribution < -0.4 is 0 Å². The number of fused-ring (bicyclic) bond motifs is 1. The fourth-order valence-corrected chi connectivity index (χ4v) is 4.14. The minimum Gasteiger partial charge on any atom is -0.338 e. The Bertz CT molecular complexity index is 1040. The number of hydrogen-bond donors (Lipinski definition) is 0. The van der Waals surface area contributed by atoms with Crippen molar-refractivity contribution in [2.24, 2.45) is 0 Å². The number of imidazole rings is 1. The first-order valence-corrected chi connectivity index (χ1v) is 9.85. The van der Waals surface area contributed by atoms with E-state index in [1.807, 2.05) is 17.0 Å². The molecular weight excluding hydrogens is 348 g/mol. The molecule has 0 aliphatic carbocycles. The Morgan fingerprint density at radius 3 is 2.64 bits per heavy atom. The predicted molar refractivity (Wildman–Crippen MR) is 109 cm³/mol. The fraction of sp³-hybridized carbons (Fsp3) is 0.348. The van der Waals surface area contributed by atoms with E-state index >= 15 is 0 Å². The zero-order chi connectivity index (χ0) is 19.7. The summed E-state index contributed by atoms with van der Waals surface area (Å²) in [5.74, 6) is 1.33. The van der Waals surface area contributed by atoms with E-state index in [0.29, 0.717) is 23.7 Å². The maximum absolute atomic E-state index is 13.0. The molecule has 1 aliphatic heterocycles. The summed E-state index contributed by atoms with van der Waals surface area (Å²) in [4.78, 5) is 19.8. The van der Waals surface area contributed by atoms with Crippen molar-refractivity contribution in [3.8, 4) is 6.07 Å². The van der Waals surface area contributed by atoms with Crippen LogP contribution in [0.2, 0.25) is 0 Å². The lowest BCUT2D eigenvalue weighted by atomic mass is 9.96. The molecule has 1 amide bonds. The average Bonchev–Trinajstić information content (AvgIpc) is 3.13. The summed E-state index contributed by atoms with van der Waals surface area (Å²) in [7, 11) is 0. The van der Waals surface area contributed by atoms with Crippen molar-refractivity contribution in [3.05, 3.63) is 65.5 Å². The number of piperidine rings is 1. The van der Waals surface area contributed by atoms with Gasteiger partial charge in [0.2, 0.25) is 0 Å². The third-order valence-corrected chi connectivity index (χ3v) is 5.47. The van der Waals surface area contributed by atoms with Gasteiger partial charge in [-0.25, -0.2) is 4.98 Å². The smallest absolute Gasteiger partial charge is 0.253 e. The third kappa shape index (κ3) is 3.27. The third-order valence-electron chi connectivity index (χ3n) is 5.47. The van der Waals surface area contributed by atoms with Crippen LogP contribution in [0.3, 0.4) is 0 Å². The molecule has 1 fully saturated rings. The standard InChI is InChI=1S/C23H24N4O/c1-16(2)27-21-8-4-3-7-20(21)25-22(27)19-6-5-13-26(15-19)23(28)18-11-9-17(14-24)10-12-18/h3-4,7-12,16,19H,5-6,13,15H2,1-2H3. The summed E-state index contributed by atoms with van der Waals surface area (Å²) in [6, 6.07) is 17.5. The molecule has 1 aromatic heterocycles. The van der Waals surface area contributed by atoms with Gasteiger partial charge in [-0.1, -0.05) is 12.1 Å². The molecule has 0 saturated carbocycles. The molecule has 4 rings (SSSR count). The number of benzene rings is 2. The molecule has 2 heterocycles. The Hall–Kier alpha value is -3.13. The average molecular weight is 372 g/mol. The molecule has 1 unspecified atom stereocenters. The number of carbonyl (C=O) groups is 1. The van der Waals surface area contributed by atoms with Gasteiger partial charge in [0.25, 0.3) is 5.91 Å².